The first kappa shape index (κ1) is 12.3. The zero-order valence-electron chi connectivity index (χ0n) is 11.1. The van der Waals surface area contributed by atoms with E-state index in [2.05, 4.69) is 23.2 Å². The summed E-state index contributed by atoms with van der Waals surface area (Å²) in [5.74, 6) is 0. The first-order chi connectivity index (χ1) is 10.3. The molecule has 0 aliphatic rings. The molecular weight excluding hydrogens is 280 g/mol. The molecule has 0 fully saturated rings. The largest absolute Gasteiger partial charge is 0.243 e. The standard InChI is InChI=1S/C18H11ClN2/c19-18-17(12-6-2-1-3-7-12)20-15-10-13-8-4-5-9-14(13)11-16(15)21-18/h1-11H. The molecule has 4 aromatic rings. The number of fused-ring (bicyclic) bond motifs is 2. The van der Waals surface area contributed by atoms with Crippen LogP contribution in [0.25, 0.3) is 33.1 Å². The third-order valence-electron chi connectivity index (χ3n) is 3.54. The van der Waals surface area contributed by atoms with Crippen molar-refractivity contribution in [2.75, 3.05) is 0 Å². The van der Waals surface area contributed by atoms with E-state index in [0.717, 1.165) is 33.1 Å². The van der Waals surface area contributed by atoms with Gasteiger partial charge in [0, 0.05) is 5.56 Å². The smallest absolute Gasteiger partial charge is 0.156 e. The van der Waals surface area contributed by atoms with Crippen molar-refractivity contribution in [3.8, 4) is 11.3 Å². The van der Waals surface area contributed by atoms with E-state index in [9.17, 15) is 0 Å². The third kappa shape index (κ3) is 2.14. The van der Waals surface area contributed by atoms with Gasteiger partial charge < -0.3 is 0 Å². The van der Waals surface area contributed by atoms with Crippen LogP contribution in [-0.2, 0) is 0 Å². The van der Waals surface area contributed by atoms with Gasteiger partial charge in [-0.25, -0.2) is 9.97 Å². The fraction of sp³-hybridized carbons (Fsp3) is 0. The molecule has 0 bridgehead atoms. The van der Waals surface area contributed by atoms with Crippen molar-refractivity contribution < 1.29 is 0 Å². The molecule has 0 saturated carbocycles. The van der Waals surface area contributed by atoms with Gasteiger partial charge in [-0.3, -0.25) is 0 Å². The third-order valence-corrected chi connectivity index (χ3v) is 3.80. The molecule has 0 aliphatic heterocycles. The zero-order valence-corrected chi connectivity index (χ0v) is 11.9. The minimum atomic E-state index is 0.434. The second-order valence-corrected chi connectivity index (χ2v) is 5.28. The molecule has 1 aromatic heterocycles. The Labute approximate surface area is 127 Å². The number of halogens is 1. The number of rotatable bonds is 1. The molecule has 100 valence electrons. The van der Waals surface area contributed by atoms with Gasteiger partial charge in [0.2, 0.25) is 0 Å². The number of benzene rings is 3. The minimum Gasteiger partial charge on any atom is -0.243 e. The van der Waals surface area contributed by atoms with Gasteiger partial charge in [0.05, 0.1) is 11.0 Å². The van der Waals surface area contributed by atoms with Crippen LogP contribution in [0.1, 0.15) is 0 Å². The van der Waals surface area contributed by atoms with Gasteiger partial charge in [-0.15, -0.1) is 0 Å². The molecule has 0 aliphatic carbocycles. The maximum absolute atomic E-state index is 6.32. The quantitative estimate of drug-likeness (QED) is 0.456. The lowest BCUT2D eigenvalue weighted by Gasteiger charge is -2.06. The van der Waals surface area contributed by atoms with E-state index in [0.29, 0.717) is 5.15 Å². The van der Waals surface area contributed by atoms with Gasteiger partial charge in [0.15, 0.2) is 5.15 Å². The Morgan fingerprint density at radius 1 is 0.667 bits per heavy atom. The van der Waals surface area contributed by atoms with Gasteiger partial charge in [-0.1, -0.05) is 66.2 Å². The van der Waals surface area contributed by atoms with Gasteiger partial charge in [-0.2, -0.15) is 0 Å². The fourth-order valence-electron chi connectivity index (χ4n) is 2.50. The zero-order chi connectivity index (χ0) is 14.2. The molecule has 3 heteroatoms. The Balaban J connectivity index is 2.02. The maximum Gasteiger partial charge on any atom is 0.156 e. The van der Waals surface area contributed by atoms with E-state index < -0.39 is 0 Å². The molecule has 3 aromatic carbocycles. The van der Waals surface area contributed by atoms with Crippen molar-refractivity contribution >= 4 is 33.4 Å². The number of hydrogen-bond acceptors (Lipinski definition) is 2. The molecule has 1 heterocycles. The van der Waals surface area contributed by atoms with Crippen molar-refractivity contribution in [2.45, 2.75) is 0 Å². The Hall–Kier alpha value is -2.45. The number of nitrogens with zero attached hydrogens (tertiary/aromatic N) is 2. The summed E-state index contributed by atoms with van der Waals surface area (Å²) in [4.78, 5) is 9.21. The Morgan fingerprint density at radius 2 is 1.24 bits per heavy atom. The highest BCUT2D eigenvalue weighted by molar-refractivity contribution is 6.32. The molecule has 0 atom stereocenters. The van der Waals surface area contributed by atoms with E-state index in [-0.39, 0.29) is 0 Å². The molecule has 0 N–H and O–H groups in total. The van der Waals surface area contributed by atoms with Crippen LogP contribution in [0.4, 0.5) is 0 Å². The monoisotopic (exact) mass is 290 g/mol. The van der Waals surface area contributed by atoms with E-state index in [1.54, 1.807) is 0 Å². The average Bonchev–Trinajstić information content (AvgIpc) is 2.53. The molecular formula is C18H11ClN2. The van der Waals surface area contributed by atoms with Crippen LogP contribution < -0.4 is 0 Å². The lowest BCUT2D eigenvalue weighted by molar-refractivity contribution is 1.30. The van der Waals surface area contributed by atoms with Crippen LogP contribution in [-0.4, -0.2) is 9.97 Å². The summed E-state index contributed by atoms with van der Waals surface area (Å²) in [5.41, 5.74) is 3.38. The predicted octanol–water partition coefficient (Wildman–Crippen LogP) is 5.10. The highest BCUT2D eigenvalue weighted by Gasteiger charge is 2.09. The second-order valence-electron chi connectivity index (χ2n) is 4.92. The first-order valence-corrected chi connectivity index (χ1v) is 7.10. The summed E-state index contributed by atoms with van der Waals surface area (Å²) < 4.78 is 0. The summed E-state index contributed by atoms with van der Waals surface area (Å²) in [5, 5.41) is 2.73. The summed E-state index contributed by atoms with van der Waals surface area (Å²) >= 11 is 6.32. The normalized spacial score (nSPS) is 11.1. The van der Waals surface area contributed by atoms with Crippen LogP contribution in [0.3, 0.4) is 0 Å². The minimum absolute atomic E-state index is 0.434. The van der Waals surface area contributed by atoms with Gasteiger partial charge in [0.1, 0.15) is 5.69 Å². The molecule has 0 radical (unpaired) electrons. The van der Waals surface area contributed by atoms with Crippen molar-refractivity contribution in [3.63, 3.8) is 0 Å². The summed E-state index contributed by atoms with van der Waals surface area (Å²) in [6.45, 7) is 0. The topological polar surface area (TPSA) is 25.8 Å². The first-order valence-electron chi connectivity index (χ1n) is 6.73. The number of aromatic nitrogens is 2. The lowest BCUT2D eigenvalue weighted by Crippen LogP contribution is -1.91. The fourth-order valence-corrected chi connectivity index (χ4v) is 2.74. The highest BCUT2D eigenvalue weighted by Crippen LogP contribution is 2.28. The van der Waals surface area contributed by atoms with Crippen LogP contribution in [0.15, 0.2) is 66.7 Å². The van der Waals surface area contributed by atoms with Crippen molar-refractivity contribution in [2.24, 2.45) is 0 Å². The number of hydrogen-bond donors (Lipinski definition) is 0. The van der Waals surface area contributed by atoms with Crippen LogP contribution in [0.2, 0.25) is 5.15 Å². The van der Waals surface area contributed by atoms with E-state index in [1.165, 1.54) is 0 Å². The summed E-state index contributed by atoms with van der Waals surface area (Å²) in [6.07, 6.45) is 0. The van der Waals surface area contributed by atoms with Crippen molar-refractivity contribution in [1.82, 2.24) is 9.97 Å². The Bertz CT molecular complexity index is 949. The summed E-state index contributed by atoms with van der Waals surface area (Å²) in [7, 11) is 0. The molecule has 2 nitrogen and oxygen atoms in total. The molecule has 21 heavy (non-hydrogen) atoms. The highest BCUT2D eigenvalue weighted by atomic mass is 35.5. The summed E-state index contributed by atoms with van der Waals surface area (Å²) in [6, 6.07) is 22.2. The van der Waals surface area contributed by atoms with Gasteiger partial charge in [0.25, 0.3) is 0 Å². The molecule has 0 spiro atoms. The lowest BCUT2D eigenvalue weighted by atomic mass is 10.1. The maximum atomic E-state index is 6.32. The Morgan fingerprint density at radius 3 is 1.90 bits per heavy atom. The van der Waals surface area contributed by atoms with E-state index in [4.69, 9.17) is 16.6 Å². The average molecular weight is 291 g/mol. The van der Waals surface area contributed by atoms with Crippen LogP contribution in [0, 0.1) is 0 Å². The predicted molar refractivity (Wildman–Crippen MR) is 87.5 cm³/mol. The molecule has 0 unspecified atom stereocenters. The second kappa shape index (κ2) is 4.83. The SMILES string of the molecule is Clc1nc2cc3ccccc3cc2nc1-c1ccccc1. The van der Waals surface area contributed by atoms with Crippen LogP contribution >= 0.6 is 11.6 Å². The van der Waals surface area contributed by atoms with Gasteiger partial charge >= 0.3 is 0 Å². The van der Waals surface area contributed by atoms with Gasteiger partial charge in [-0.05, 0) is 22.9 Å². The Kier molecular flexibility index (Phi) is 2.83. The van der Waals surface area contributed by atoms with Crippen molar-refractivity contribution in [1.29, 1.82) is 0 Å². The molecule has 0 amide bonds. The van der Waals surface area contributed by atoms with E-state index >= 15 is 0 Å². The molecule has 0 saturated heterocycles. The van der Waals surface area contributed by atoms with Crippen LogP contribution in [0.5, 0.6) is 0 Å². The molecule has 4 rings (SSSR count). The van der Waals surface area contributed by atoms with Crippen molar-refractivity contribution in [3.05, 3.63) is 71.9 Å². The van der Waals surface area contributed by atoms with E-state index in [1.807, 2.05) is 48.5 Å².